The van der Waals surface area contributed by atoms with Crippen molar-refractivity contribution in [3.05, 3.63) is 0 Å². The van der Waals surface area contributed by atoms with Crippen LogP contribution in [0.25, 0.3) is 0 Å². The van der Waals surface area contributed by atoms with Crippen LogP contribution in [0.5, 0.6) is 0 Å². The monoisotopic (exact) mass is 116 g/mol. The normalized spacial score (nSPS) is 13.5. The zero-order valence-electron chi connectivity index (χ0n) is 5.39. The molecule has 1 unspecified atom stereocenters. The Morgan fingerprint density at radius 3 is 2.50 bits per heavy atom. The Balaban J connectivity index is 2.93. The summed E-state index contributed by atoms with van der Waals surface area (Å²) in [6.45, 7) is 4.22. The summed E-state index contributed by atoms with van der Waals surface area (Å²) in [6.07, 6.45) is 0. The predicted molar refractivity (Wildman–Crippen MR) is 35.5 cm³/mol. The van der Waals surface area contributed by atoms with Crippen LogP contribution < -0.4 is 11.0 Å². The fourth-order valence-electron chi connectivity index (χ4n) is 0.356. The third-order valence-corrected chi connectivity index (χ3v) is 0.735. The van der Waals surface area contributed by atoms with Gasteiger partial charge in [0.05, 0.1) is 0 Å². The lowest BCUT2D eigenvalue weighted by atomic mass is 9.89. The van der Waals surface area contributed by atoms with Crippen LogP contribution in [0.4, 0.5) is 0 Å². The van der Waals surface area contributed by atoms with Gasteiger partial charge in [0.2, 0.25) is 0 Å². The van der Waals surface area contributed by atoms with Crippen molar-refractivity contribution >= 4 is 7.05 Å². The van der Waals surface area contributed by atoms with Gasteiger partial charge < -0.3 is 16.0 Å². The molecule has 0 bridgehead atoms. The second kappa shape index (κ2) is 3.89. The molecule has 0 aliphatic rings. The summed E-state index contributed by atoms with van der Waals surface area (Å²) in [7, 11) is -0.444. The molecule has 0 radical (unpaired) electrons. The number of nitrogens with two attached hydrogens (primary N) is 1. The van der Waals surface area contributed by atoms with Gasteiger partial charge in [-0.2, -0.15) is 0 Å². The van der Waals surface area contributed by atoms with Crippen LogP contribution >= 0.6 is 0 Å². The van der Waals surface area contributed by atoms with Crippen LogP contribution in [0.15, 0.2) is 0 Å². The second-order valence-electron chi connectivity index (χ2n) is 2.06. The van der Waals surface area contributed by atoms with Crippen molar-refractivity contribution < 1.29 is 5.02 Å². The standard InChI is InChI=1S/C4H13BN2O/c1-4(6)3-7-5(2)8/h4,7-8H,3,6H2,1-2H3. The number of nitrogens with one attached hydrogen (secondary N) is 1. The van der Waals surface area contributed by atoms with Crippen LogP contribution in [-0.4, -0.2) is 24.7 Å². The second-order valence-corrected chi connectivity index (χ2v) is 2.06. The molecule has 0 fully saturated rings. The van der Waals surface area contributed by atoms with Gasteiger partial charge in [-0.1, -0.05) is 0 Å². The van der Waals surface area contributed by atoms with Crippen molar-refractivity contribution in [3.8, 4) is 0 Å². The lowest BCUT2D eigenvalue weighted by molar-refractivity contribution is 0.545. The van der Waals surface area contributed by atoms with E-state index in [2.05, 4.69) is 5.23 Å². The van der Waals surface area contributed by atoms with E-state index in [1.54, 1.807) is 6.82 Å². The Bertz CT molecular complexity index is 50.0. The number of hydrogen-bond donors (Lipinski definition) is 3. The molecule has 8 heavy (non-hydrogen) atoms. The Hall–Kier alpha value is -0.0551. The molecule has 0 saturated heterocycles. The third-order valence-electron chi connectivity index (χ3n) is 0.735. The maximum Gasteiger partial charge on any atom is 0.373 e. The zero-order chi connectivity index (χ0) is 6.57. The summed E-state index contributed by atoms with van der Waals surface area (Å²) >= 11 is 0. The molecular weight excluding hydrogens is 103 g/mol. The van der Waals surface area contributed by atoms with Gasteiger partial charge in [-0.05, 0) is 13.7 Å². The van der Waals surface area contributed by atoms with Gasteiger partial charge >= 0.3 is 7.05 Å². The Morgan fingerprint density at radius 1 is 1.88 bits per heavy atom. The molecule has 0 amide bonds. The molecule has 48 valence electrons. The van der Waals surface area contributed by atoms with Gasteiger partial charge in [0.1, 0.15) is 0 Å². The average molecular weight is 116 g/mol. The van der Waals surface area contributed by atoms with E-state index in [-0.39, 0.29) is 6.04 Å². The quantitative estimate of drug-likeness (QED) is 0.416. The largest absolute Gasteiger partial charge is 0.437 e. The smallest absolute Gasteiger partial charge is 0.373 e. The topological polar surface area (TPSA) is 58.3 Å². The maximum absolute atomic E-state index is 8.63. The van der Waals surface area contributed by atoms with Gasteiger partial charge in [0.15, 0.2) is 0 Å². The predicted octanol–water partition coefficient (Wildman–Crippen LogP) is -0.967. The fraction of sp³-hybridized carbons (Fsp3) is 1.00. The molecule has 4 N–H and O–H groups in total. The van der Waals surface area contributed by atoms with Crippen molar-refractivity contribution in [2.45, 2.75) is 19.8 Å². The van der Waals surface area contributed by atoms with Crippen molar-refractivity contribution in [1.29, 1.82) is 0 Å². The first kappa shape index (κ1) is 7.94. The van der Waals surface area contributed by atoms with E-state index in [1.807, 2.05) is 6.92 Å². The van der Waals surface area contributed by atoms with Crippen LogP contribution in [0.3, 0.4) is 0 Å². The molecule has 1 atom stereocenters. The average Bonchev–Trinajstić information content (AvgIpc) is 1.61. The summed E-state index contributed by atoms with van der Waals surface area (Å²) in [5.41, 5.74) is 5.37. The summed E-state index contributed by atoms with van der Waals surface area (Å²) in [5.74, 6) is 0. The third kappa shape index (κ3) is 5.94. The molecule has 0 rings (SSSR count). The fourth-order valence-corrected chi connectivity index (χ4v) is 0.356. The molecule has 4 heteroatoms. The summed E-state index contributed by atoms with van der Waals surface area (Å²) in [4.78, 5) is 0. The van der Waals surface area contributed by atoms with Gasteiger partial charge in [0.25, 0.3) is 0 Å². The molecular formula is C4H13BN2O. The molecule has 0 saturated carbocycles. The summed E-state index contributed by atoms with van der Waals surface area (Å²) in [6, 6.07) is 0.115. The highest BCUT2D eigenvalue weighted by Gasteiger charge is 2.00. The first-order valence-corrected chi connectivity index (χ1v) is 2.80. The molecule has 0 aromatic heterocycles. The van der Waals surface area contributed by atoms with Crippen LogP contribution in [-0.2, 0) is 0 Å². The first-order chi connectivity index (χ1) is 3.63. The lowest BCUT2D eigenvalue weighted by Crippen LogP contribution is -2.39. The number of rotatable bonds is 3. The minimum atomic E-state index is -0.444. The van der Waals surface area contributed by atoms with E-state index >= 15 is 0 Å². The SMILES string of the molecule is CB(O)NCC(C)N. The molecule has 0 spiro atoms. The zero-order valence-corrected chi connectivity index (χ0v) is 5.39. The van der Waals surface area contributed by atoms with Gasteiger partial charge in [-0.25, -0.2) is 0 Å². The van der Waals surface area contributed by atoms with E-state index in [1.165, 1.54) is 0 Å². The van der Waals surface area contributed by atoms with Crippen molar-refractivity contribution in [2.24, 2.45) is 5.73 Å². The highest BCUT2D eigenvalue weighted by Crippen LogP contribution is 1.70. The van der Waals surface area contributed by atoms with E-state index in [4.69, 9.17) is 10.8 Å². The van der Waals surface area contributed by atoms with E-state index < -0.39 is 7.05 Å². The van der Waals surface area contributed by atoms with Gasteiger partial charge in [0, 0.05) is 12.6 Å². The van der Waals surface area contributed by atoms with Crippen LogP contribution in [0, 0.1) is 0 Å². The Kier molecular flexibility index (Phi) is 3.86. The number of hydrogen-bond acceptors (Lipinski definition) is 3. The van der Waals surface area contributed by atoms with Gasteiger partial charge in [-0.15, -0.1) is 0 Å². The summed E-state index contributed by atoms with van der Waals surface area (Å²) < 4.78 is 0. The Labute approximate surface area is 50.4 Å². The van der Waals surface area contributed by atoms with Crippen LogP contribution in [0.1, 0.15) is 6.92 Å². The minimum Gasteiger partial charge on any atom is -0.437 e. The van der Waals surface area contributed by atoms with Gasteiger partial charge in [-0.3, -0.25) is 0 Å². The van der Waals surface area contributed by atoms with Crippen molar-refractivity contribution in [1.82, 2.24) is 5.23 Å². The van der Waals surface area contributed by atoms with E-state index in [0.29, 0.717) is 6.54 Å². The van der Waals surface area contributed by atoms with E-state index in [0.717, 1.165) is 0 Å². The molecule has 0 heterocycles. The highest BCUT2D eigenvalue weighted by atomic mass is 16.2. The Morgan fingerprint density at radius 2 is 2.38 bits per heavy atom. The molecule has 0 aromatic rings. The highest BCUT2D eigenvalue weighted by molar-refractivity contribution is 6.45. The molecule has 0 aromatic carbocycles. The van der Waals surface area contributed by atoms with Crippen molar-refractivity contribution in [2.75, 3.05) is 6.54 Å². The lowest BCUT2D eigenvalue weighted by Gasteiger charge is -2.05. The minimum absolute atomic E-state index is 0.115. The maximum atomic E-state index is 8.63. The van der Waals surface area contributed by atoms with Crippen LogP contribution in [0.2, 0.25) is 6.82 Å². The first-order valence-electron chi connectivity index (χ1n) is 2.80. The van der Waals surface area contributed by atoms with E-state index in [9.17, 15) is 0 Å². The molecule has 0 aliphatic heterocycles. The molecule has 0 aliphatic carbocycles. The summed E-state index contributed by atoms with van der Waals surface area (Å²) in [5, 5.41) is 11.4. The van der Waals surface area contributed by atoms with Crippen molar-refractivity contribution in [3.63, 3.8) is 0 Å². The molecule has 3 nitrogen and oxygen atoms in total.